The summed E-state index contributed by atoms with van der Waals surface area (Å²) in [4.78, 5) is 11.2. The van der Waals surface area contributed by atoms with Crippen LogP contribution in [0.2, 0.25) is 0 Å². The Bertz CT molecular complexity index is 771. The van der Waals surface area contributed by atoms with Gasteiger partial charge >= 0.3 is 0 Å². The standard InChI is InChI=1S/C15H14N4O3/c1-21-12-4-3-9(6-13(12)22-2)14-11(8-18-19-14)5-10(7-16)15(17)20/h3-6,8H,1-2H3,(H2,17,20)(H,18,19)/b10-5+. The Kier molecular flexibility index (Phi) is 4.44. The Labute approximate surface area is 127 Å². The molecule has 0 unspecified atom stereocenters. The Morgan fingerprint density at radius 1 is 1.36 bits per heavy atom. The Morgan fingerprint density at radius 3 is 2.68 bits per heavy atom. The van der Waals surface area contributed by atoms with Gasteiger partial charge < -0.3 is 15.2 Å². The van der Waals surface area contributed by atoms with Crippen LogP contribution in [-0.4, -0.2) is 30.3 Å². The molecular weight excluding hydrogens is 284 g/mol. The molecule has 22 heavy (non-hydrogen) atoms. The number of aromatic amines is 1. The fourth-order valence-electron chi connectivity index (χ4n) is 1.94. The Morgan fingerprint density at radius 2 is 2.09 bits per heavy atom. The van der Waals surface area contributed by atoms with Crippen LogP contribution in [0.5, 0.6) is 11.5 Å². The van der Waals surface area contributed by atoms with Crippen molar-refractivity contribution < 1.29 is 14.3 Å². The van der Waals surface area contributed by atoms with E-state index in [4.69, 9.17) is 20.5 Å². The number of methoxy groups -OCH3 is 2. The first-order valence-corrected chi connectivity index (χ1v) is 6.28. The Hall–Kier alpha value is -3.27. The van der Waals surface area contributed by atoms with E-state index in [1.54, 1.807) is 25.3 Å². The first kappa shape index (κ1) is 15.1. The molecule has 2 aromatic rings. The van der Waals surface area contributed by atoms with Gasteiger partial charge in [-0.3, -0.25) is 9.89 Å². The number of hydrogen-bond acceptors (Lipinski definition) is 5. The van der Waals surface area contributed by atoms with Crippen LogP contribution in [0.1, 0.15) is 5.56 Å². The summed E-state index contributed by atoms with van der Waals surface area (Å²) >= 11 is 0. The molecule has 0 spiro atoms. The lowest BCUT2D eigenvalue weighted by molar-refractivity contribution is -0.114. The van der Waals surface area contributed by atoms with Crippen molar-refractivity contribution in [3.8, 4) is 28.8 Å². The van der Waals surface area contributed by atoms with Crippen molar-refractivity contribution in [3.63, 3.8) is 0 Å². The third kappa shape index (κ3) is 2.91. The summed E-state index contributed by atoms with van der Waals surface area (Å²) in [5.41, 5.74) is 6.96. The lowest BCUT2D eigenvalue weighted by Gasteiger charge is -2.09. The van der Waals surface area contributed by atoms with E-state index in [0.717, 1.165) is 5.56 Å². The first-order valence-electron chi connectivity index (χ1n) is 6.28. The topological polar surface area (TPSA) is 114 Å². The molecule has 0 aliphatic rings. The second-order valence-electron chi connectivity index (χ2n) is 4.30. The van der Waals surface area contributed by atoms with Crippen molar-refractivity contribution in [3.05, 3.63) is 35.5 Å². The molecule has 1 amide bonds. The van der Waals surface area contributed by atoms with Gasteiger partial charge in [-0.15, -0.1) is 0 Å². The van der Waals surface area contributed by atoms with Crippen LogP contribution in [0, 0.1) is 11.3 Å². The van der Waals surface area contributed by atoms with E-state index in [1.165, 1.54) is 19.4 Å². The maximum Gasteiger partial charge on any atom is 0.259 e. The average Bonchev–Trinajstić information content (AvgIpc) is 2.99. The third-order valence-electron chi connectivity index (χ3n) is 3.03. The molecular formula is C15H14N4O3. The summed E-state index contributed by atoms with van der Waals surface area (Å²) in [7, 11) is 3.09. The van der Waals surface area contributed by atoms with Gasteiger partial charge in [0.1, 0.15) is 11.6 Å². The van der Waals surface area contributed by atoms with Crippen molar-refractivity contribution in [2.45, 2.75) is 0 Å². The molecule has 7 nitrogen and oxygen atoms in total. The molecule has 7 heteroatoms. The zero-order valence-corrected chi connectivity index (χ0v) is 12.1. The first-order chi connectivity index (χ1) is 10.6. The van der Waals surface area contributed by atoms with Crippen LogP contribution in [0.15, 0.2) is 30.0 Å². The highest BCUT2D eigenvalue weighted by atomic mass is 16.5. The van der Waals surface area contributed by atoms with Crippen molar-refractivity contribution >= 4 is 12.0 Å². The molecule has 1 heterocycles. The number of ether oxygens (including phenoxy) is 2. The number of benzene rings is 1. The summed E-state index contributed by atoms with van der Waals surface area (Å²) < 4.78 is 10.4. The van der Waals surface area contributed by atoms with Crippen molar-refractivity contribution in [2.24, 2.45) is 5.73 Å². The molecule has 1 aromatic carbocycles. The molecule has 112 valence electrons. The van der Waals surface area contributed by atoms with Gasteiger partial charge in [0.2, 0.25) is 0 Å². The SMILES string of the molecule is COc1ccc(-c2[nH]ncc2/C=C(\C#N)C(N)=O)cc1OC. The van der Waals surface area contributed by atoms with Crippen LogP contribution in [-0.2, 0) is 4.79 Å². The number of amides is 1. The number of carbonyl (C=O) groups excluding carboxylic acids is 1. The minimum Gasteiger partial charge on any atom is -0.493 e. The maximum absolute atomic E-state index is 11.2. The maximum atomic E-state index is 11.2. The summed E-state index contributed by atoms with van der Waals surface area (Å²) in [5, 5.41) is 15.7. The van der Waals surface area contributed by atoms with Gasteiger partial charge in [-0.2, -0.15) is 10.4 Å². The zero-order valence-electron chi connectivity index (χ0n) is 12.1. The molecule has 0 aliphatic heterocycles. The monoisotopic (exact) mass is 298 g/mol. The van der Waals surface area contributed by atoms with Crippen LogP contribution < -0.4 is 15.2 Å². The van der Waals surface area contributed by atoms with Gasteiger partial charge in [-0.05, 0) is 24.3 Å². The van der Waals surface area contributed by atoms with E-state index in [-0.39, 0.29) is 5.57 Å². The van der Waals surface area contributed by atoms with Crippen molar-refractivity contribution in [1.82, 2.24) is 10.2 Å². The lowest BCUT2D eigenvalue weighted by Crippen LogP contribution is -2.12. The zero-order chi connectivity index (χ0) is 16.1. The summed E-state index contributed by atoms with van der Waals surface area (Å²) in [6.45, 7) is 0. The molecule has 0 atom stereocenters. The van der Waals surface area contributed by atoms with Crippen LogP contribution in [0.4, 0.5) is 0 Å². The second kappa shape index (κ2) is 6.45. The van der Waals surface area contributed by atoms with Crippen LogP contribution >= 0.6 is 0 Å². The van der Waals surface area contributed by atoms with E-state index in [0.29, 0.717) is 22.8 Å². The summed E-state index contributed by atoms with van der Waals surface area (Å²) in [5.74, 6) is 0.361. The molecule has 1 aromatic heterocycles. The number of aromatic nitrogens is 2. The number of nitriles is 1. The predicted molar refractivity (Wildman–Crippen MR) is 79.9 cm³/mol. The minimum atomic E-state index is -0.790. The fraction of sp³-hybridized carbons (Fsp3) is 0.133. The summed E-state index contributed by atoms with van der Waals surface area (Å²) in [6, 6.07) is 7.08. The van der Waals surface area contributed by atoms with Crippen LogP contribution in [0.25, 0.3) is 17.3 Å². The van der Waals surface area contributed by atoms with Gasteiger partial charge in [0, 0.05) is 11.1 Å². The van der Waals surface area contributed by atoms with Gasteiger partial charge in [0.05, 0.1) is 26.1 Å². The third-order valence-corrected chi connectivity index (χ3v) is 3.03. The highest BCUT2D eigenvalue weighted by molar-refractivity contribution is 6.01. The van der Waals surface area contributed by atoms with Crippen LogP contribution in [0.3, 0.4) is 0 Å². The van der Waals surface area contributed by atoms with E-state index < -0.39 is 5.91 Å². The van der Waals surface area contributed by atoms with Crippen molar-refractivity contribution in [1.29, 1.82) is 5.26 Å². The van der Waals surface area contributed by atoms with Crippen molar-refractivity contribution in [2.75, 3.05) is 14.2 Å². The summed E-state index contributed by atoms with van der Waals surface area (Å²) in [6.07, 6.45) is 2.89. The second-order valence-corrected chi connectivity index (χ2v) is 4.30. The highest BCUT2D eigenvalue weighted by Crippen LogP contribution is 2.33. The molecule has 0 radical (unpaired) electrons. The molecule has 2 rings (SSSR count). The number of primary amides is 1. The van der Waals surface area contributed by atoms with Gasteiger partial charge in [0.25, 0.3) is 5.91 Å². The van der Waals surface area contributed by atoms with E-state index in [9.17, 15) is 4.79 Å². The number of hydrogen-bond donors (Lipinski definition) is 2. The molecule has 3 N–H and O–H groups in total. The van der Waals surface area contributed by atoms with Gasteiger partial charge in [0.15, 0.2) is 11.5 Å². The molecule has 0 aliphatic carbocycles. The fourth-order valence-corrected chi connectivity index (χ4v) is 1.94. The quantitative estimate of drug-likeness (QED) is 0.641. The predicted octanol–water partition coefficient (Wildman–Crippen LogP) is 1.49. The highest BCUT2D eigenvalue weighted by Gasteiger charge is 2.12. The van der Waals surface area contributed by atoms with Gasteiger partial charge in [-0.1, -0.05) is 0 Å². The number of H-pyrrole nitrogens is 1. The Balaban J connectivity index is 2.50. The average molecular weight is 298 g/mol. The number of rotatable bonds is 5. The largest absolute Gasteiger partial charge is 0.493 e. The molecule has 0 fully saturated rings. The minimum absolute atomic E-state index is 0.150. The lowest BCUT2D eigenvalue weighted by atomic mass is 10.1. The normalized spacial score (nSPS) is 10.9. The molecule has 0 saturated carbocycles. The molecule has 0 bridgehead atoms. The number of nitrogens with two attached hydrogens (primary N) is 1. The van der Waals surface area contributed by atoms with E-state index in [2.05, 4.69) is 10.2 Å². The number of nitrogens with one attached hydrogen (secondary N) is 1. The van der Waals surface area contributed by atoms with E-state index >= 15 is 0 Å². The number of nitrogens with zero attached hydrogens (tertiary/aromatic N) is 2. The molecule has 0 saturated heterocycles. The van der Waals surface area contributed by atoms with E-state index in [1.807, 2.05) is 6.07 Å². The number of carbonyl (C=O) groups is 1. The van der Waals surface area contributed by atoms with Gasteiger partial charge in [-0.25, -0.2) is 0 Å². The smallest absolute Gasteiger partial charge is 0.259 e.